The average Bonchev–Trinajstić information content (AvgIpc) is 3.09. The zero-order chi connectivity index (χ0) is 22.5. The first-order valence-electron chi connectivity index (χ1n) is 9.31. The van der Waals surface area contributed by atoms with Crippen molar-refractivity contribution >= 4 is 51.2 Å². The molecule has 0 saturated heterocycles. The van der Waals surface area contributed by atoms with Gasteiger partial charge in [-0.1, -0.05) is 24.9 Å². The number of carbonyl (C=O) groups excluding carboxylic acids is 1. The van der Waals surface area contributed by atoms with Crippen molar-refractivity contribution in [2.75, 3.05) is 13.7 Å². The molecule has 0 aliphatic carbocycles. The Bertz CT molecular complexity index is 1100. The lowest BCUT2D eigenvalue weighted by Gasteiger charge is -2.13. The third-order valence-electron chi connectivity index (χ3n) is 4.31. The average molecular weight is 510 g/mol. The largest absolute Gasteiger partial charge is 0.493 e. The number of hydrogen-bond acceptors (Lipinski definition) is 7. The van der Waals surface area contributed by atoms with Crippen LogP contribution in [0.2, 0.25) is 5.02 Å². The highest BCUT2D eigenvalue weighted by Gasteiger charge is 2.27. The summed E-state index contributed by atoms with van der Waals surface area (Å²) < 4.78 is 17.1. The van der Waals surface area contributed by atoms with E-state index < -0.39 is 10.9 Å². The first-order chi connectivity index (χ1) is 14.8. The Hall–Kier alpha value is -2.91. The molecule has 0 fully saturated rings. The summed E-state index contributed by atoms with van der Waals surface area (Å²) >= 11 is 9.58. The molecule has 3 rings (SSSR count). The second-order valence-electron chi connectivity index (χ2n) is 6.49. The summed E-state index contributed by atoms with van der Waals surface area (Å²) in [5, 5.41) is 10.9. The molecule has 8 nitrogen and oxygen atoms in total. The number of esters is 1. The lowest BCUT2D eigenvalue weighted by Crippen LogP contribution is -2.06. The smallest absolute Gasteiger partial charge is 0.363 e. The SMILES string of the molecule is CCCCOc1c(Br)cc(/C=C2\N=C(c3ccc([N+](=O)[O-])cc3Cl)OC2=O)cc1OC. The molecule has 1 aliphatic rings. The van der Waals surface area contributed by atoms with Crippen molar-refractivity contribution in [2.45, 2.75) is 19.8 Å². The molecule has 1 aliphatic heterocycles. The van der Waals surface area contributed by atoms with E-state index in [1.54, 1.807) is 12.1 Å². The molecule has 162 valence electrons. The van der Waals surface area contributed by atoms with Crippen LogP contribution in [-0.4, -0.2) is 30.5 Å². The minimum Gasteiger partial charge on any atom is -0.493 e. The number of methoxy groups -OCH3 is 1. The fourth-order valence-electron chi connectivity index (χ4n) is 2.76. The fraction of sp³-hybridized carbons (Fsp3) is 0.238. The molecule has 2 aromatic rings. The van der Waals surface area contributed by atoms with Crippen LogP contribution < -0.4 is 9.47 Å². The van der Waals surface area contributed by atoms with Gasteiger partial charge in [0.05, 0.1) is 33.7 Å². The summed E-state index contributed by atoms with van der Waals surface area (Å²) in [4.78, 5) is 26.8. The van der Waals surface area contributed by atoms with Crippen molar-refractivity contribution < 1.29 is 23.9 Å². The van der Waals surface area contributed by atoms with E-state index in [2.05, 4.69) is 27.8 Å². The molecule has 2 aromatic carbocycles. The summed E-state index contributed by atoms with van der Waals surface area (Å²) in [6.07, 6.45) is 3.46. The molecule has 0 radical (unpaired) electrons. The molecular formula is C21H18BrClN2O6. The molecule has 0 bridgehead atoms. The maximum absolute atomic E-state index is 12.3. The number of aliphatic imine (C=N–C) groups is 1. The van der Waals surface area contributed by atoms with Gasteiger partial charge < -0.3 is 14.2 Å². The van der Waals surface area contributed by atoms with E-state index in [1.165, 1.54) is 31.4 Å². The second kappa shape index (κ2) is 9.93. The van der Waals surface area contributed by atoms with E-state index in [0.717, 1.165) is 12.8 Å². The Morgan fingerprint density at radius 1 is 1.32 bits per heavy atom. The molecule has 0 aromatic heterocycles. The van der Waals surface area contributed by atoms with Crippen LogP contribution in [0.4, 0.5) is 5.69 Å². The Balaban J connectivity index is 1.91. The van der Waals surface area contributed by atoms with Crippen molar-refractivity contribution in [3.05, 3.63) is 66.8 Å². The van der Waals surface area contributed by atoms with E-state index in [9.17, 15) is 14.9 Å². The number of ether oxygens (including phenoxy) is 3. The van der Waals surface area contributed by atoms with E-state index in [4.69, 9.17) is 25.8 Å². The number of cyclic esters (lactones) is 1. The van der Waals surface area contributed by atoms with Crippen molar-refractivity contribution in [2.24, 2.45) is 4.99 Å². The van der Waals surface area contributed by atoms with Gasteiger partial charge in [0, 0.05) is 12.1 Å². The van der Waals surface area contributed by atoms with Crippen LogP contribution in [0.5, 0.6) is 11.5 Å². The van der Waals surface area contributed by atoms with Crippen LogP contribution in [0, 0.1) is 10.1 Å². The van der Waals surface area contributed by atoms with E-state index in [-0.39, 0.29) is 27.9 Å². The number of non-ortho nitro benzene ring substituents is 1. The fourth-order valence-corrected chi connectivity index (χ4v) is 3.58. The first-order valence-corrected chi connectivity index (χ1v) is 10.5. The highest BCUT2D eigenvalue weighted by atomic mass is 79.9. The monoisotopic (exact) mass is 508 g/mol. The maximum Gasteiger partial charge on any atom is 0.363 e. The van der Waals surface area contributed by atoms with Crippen molar-refractivity contribution in [3.8, 4) is 11.5 Å². The van der Waals surface area contributed by atoms with Crippen molar-refractivity contribution in [3.63, 3.8) is 0 Å². The van der Waals surface area contributed by atoms with Crippen LogP contribution in [0.3, 0.4) is 0 Å². The molecule has 10 heteroatoms. The molecule has 0 atom stereocenters. The number of unbranched alkanes of at least 4 members (excludes halogenated alkanes) is 1. The second-order valence-corrected chi connectivity index (χ2v) is 7.75. The Morgan fingerprint density at radius 2 is 2.10 bits per heavy atom. The summed E-state index contributed by atoms with van der Waals surface area (Å²) in [6.45, 7) is 2.63. The summed E-state index contributed by atoms with van der Waals surface area (Å²) in [6, 6.07) is 7.32. The minimum absolute atomic E-state index is 0.0262. The number of nitro groups is 1. The molecule has 0 N–H and O–H groups in total. The van der Waals surface area contributed by atoms with E-state index in [1.807, 2.05) is 0 Å². The predicted octanol–water partition coefficient (Wildman–Crippen LogP) is 5.54. The summed E-state index contributed by atoms with van der Waals surface area (Å²) in [5.74, 6) is 0.393. The number of hydrogen-bond donors (Lipinski definition) is 0. The number of nitro benzene ring substituents is 1. The van der Waals surface area contributed by atoms with Crippen molar-refractivity contribution in [1.29, 1.82) is 0 Å². The van der Waals surface area contributed by atoms with Gasteiger partial charge in [-0.25, -0.2) is 9.79 Å². The number of carbonyl (C=O) groups is 1. The molecular weight excluding hydrogens is 492 g/mol. The van der Waals surface area contributed by atoms with Crippen LogP contribution >= 0.6 is 27.5 Å². The highest BCUT2D eigenvalue weighted by molar-refractivity contribution is 9.10. The quantitative estimate of drug-likeness (QED) is 0.152. The summed E-state index contributed by atoms with van der Waals surface area (Å²) in [5.41, 5.74) is 0.798. The van der Waals surface area contributed by atoms with Crippen LogP contribution in [-0.2, 0) is 9.53 Å². The van der Waals surface area contributed by atoms with Gasteiger partial charge in [0.1, 0.15) is 0 Å². The van der Waals surface area contributed by atoms with E-state index >= 15 is 0 Å². The zero-order valence-electron chi connectivity index (χ0n) is 16.7. The molecule has 0 amide bonds. The van der Waals surface area contributed by atoms with Crippen molar-refractivity contribution in [1.82, 2.24) is 0 Å². The topological polar surface area (TPSA) is 100 Å². The lowest BCUT2D eigenvalue weighted by molar-refractivity contribution is -0.384. The number of halogens is 2. The normalized spacial score (nSPS) is 14.4. The third-order valence-corrected chi connectivity index (χ3v) is 5.22. The van der Waals surface area contributed by atoms with Gasteiger partial charge in [0.2, 0.25) is 5.90 Å². The van der Waals surface area contributed by atoms with Gasteiger partial charge >= 0.3 is 5.97 Å². The van der Waals surface area contributed by atoms with Crippen LogP contribution in [0.15, 0.2) is 45.5 Å². The third kappa shape index (κ3) is 5.23. The molecule has 1 heterocycles. The minimum atomic E-state index is -0.664. The number of nitrogens with zero attached hydrogens (tertiary/aromatic N) is 2. The standard InChI is InChI=1S/C21H18BrClN2O6/c1-3-4-7-30-19-15(22)8-12(10-18(19)29-2)9-17-21(26)31-20(24-17)14-6-5-13(25(27)28)11-16(14)23/h5-6,8-11H,3-4,7H2,1-2H3/b17-9-. The van der Waals surface area contributed by atoms with Gasteiger partial charge in [-0.2, -0.15) is 0 Å². The Morgan fingerprint density at radius 3 is 2.74 bits per heavy atom. The zero-order valence-corrected chi connectivity index (χ0v) is 19.0. The summed E-state index contributed by atoms with van der Waals surface area (Å²) in [7, 11) is 1.53. The number of benzene rings is 2. The van der Waals surface area contributed by atoms with Gasteiger partial charge in [0.25, 0.3) is 5.69 Å². The molecule has 0 unspecified atom stereocenters. The maximum atomic E-state index is 12.3. The highest BCUT2D eigenvalue weighted by Crippen LogP contribution is 2.38. The van der Waals surface area contributed by atoms with Crippen LogP contribution in [0.25, 0.3) is 6.08 Å². The van der Waals surface area contributed by atoms with Gasteiger partial charge in [0.15, 0.2) is 17.2 Å². The number of rotatable bonds is 8. The molecule has 0 spiro atoms. The van der Waals surface area contributed by atoms with E-state index in [0.29, 0.717) is 28.1 Å². The van der Waals surface area contributed by atoms with Crippen LogP contribution in [0.1, 0.15) is 30.9 Å². The first kappa shape index (κ1) is 22.8. The Kier molecular flexibility index (Phi) is 7.29. The van der Waals surface area contributed by atoms with Gasteiger partial charge in [-0.05, 0) is 52.2 Å². The van der Waals surface area contributed by atoms with Gasteiger partial charge in [-0.3, -0.25) is 10.1 Å². The Labute approximate surface area is 191 Å². The lowest BCUT2D eigenvalue weighted by atomic mass is 10.1. The molecule has 0 saturated carbocycles. The predicted molar refractivity (Wildman–Crippen MR) is 120 cm³/mol. The molecule has 31 heavy (non-hydrogen) atoms. The van der Waals surface area contributed by atoms with Gasteiger partial charge in [-0.15, -0.1) is 0 Å².